The highest BCUT2D eigenvalue weighted by Crippen LogP contribution is 2.21. The summed E-state index contributed by atoms with van der Waals surface area (Å²) in [5.74, 6) is 0.808. The topological polar surface area (TPSA) is 61.4 Å². The summed E-state index contributed by atoms with van der Waals surface area (Å²) in [5, 5.41) is 7.82. The molecule has 1 heterocycles. The number of fused-ring (bicyclic) bond motifs is 1. The number of halogens is 1. The Labute approximate surface area is 148 Å². The van der Waals surface area contributed by atoms with Crippen LogP contribution in [-0.4, -0.2) is 44.8 Å². The number of para-hydroxylation sites is 1. The Balaban J connectivity index is 0.00000242. The van der Waals surface area contributed by atoms with Crippen molar-refractivity contribution < 1.29 is 4.74 Å². The van der Waals surface area contributed by atoms with E-state index in [0.717, 1.165) is 25.5 Å². The molecular formula is C16H25IN4O. The van der Waals surface area contributed by atoms with Gasteiger partial charge in [-0.15, -0.1) is 24.0 Å². The predicted molar refractivity (Wildman–Crippen MR) is 103 cm³/mol. The normalized spacial score (nSPS) is 11.3. The van der Waals surface area contributed by atoms with E-state index in [1.165, 1.54) is 22.0 Å². The van der Waals surface area contributed by atoms with Crippen LogP contribution in [0.1, 0.15) is 11.1 Å². The minimum atomic E-state index is 0. The third-order valence-corrected chi connectivity index (χ3v) is 3.52. The number of hydrogen-bond donors (Lipinski definition) is 3. The van der Waals surface area contributed by atoms with Gasteiger partial charge in [0.15, 0.2) is 5.96 Å². The number of benzene rings is 1. The monoisotopic (exact) mass is 416 g/mol. The highest BCUT2D eigenvalue weighted by atomic mass is 127. The summed E-state index contributed by atoms with van der Waals surface area (Å²) in [5.41, 5.74) is 3.84. The van der Waals surface area contributed by atoms with Gasteiger partial charge in [-0.3, -0.25) is 4.99 Å². The summed E-state index contributed by atoms with van der Waals surface area (Å²) >= 11 is 0. The standard InChI is InChI=1S/C16H24N4O.HI/c1-12-5-4-6-14-13(11-20-15(12)14)7-8-18-16(17-2)19-9-10-21-3;/h4-6,11,20H,7-10H2,1-3H3,(H2,17,18,19);1H. The second kappa shape index (κ2) is 9.68. The number of aryl methyl sites for hydroxylation is 1. The Hall–Kier alpha value is -1.28. The van der Waals surface area contributed by atoms with E-state index in [2.05, 4.69) is 51.9 Å². The van der Waals surface area contributed by atoms with E-state index in [-0.39, 0.29) is 24.0 Å². The van der Waals surface area contributed by atoms with Crippen molar-refractivity contribution in [1.29, 1.82) is 0 Å². The first-order valence-electron chi connectivity index (χ1n) is 7.25. The number of rotatable bonds is 6. The highest BCUT2D eigenvalue weighted by Gasteiger charge is 2.05. The maximum absolute atomic E-state index is 5.01. The minimum absolute atomic E-state index is 0. The van der Waals surface area contributed by atoms with Crippen LogP contribution in [0.2, 0.25) is 0 Å². The van der Waals surface area contributed by atoms with E-state index in [1.807, 2.05) is 0 Å². The SMILES string of the molecule is CN=C(NCCOC)NCCc1c[nH]c2c(C)cccc12.I. The van der Waals surface area contributed by atoms with Crippen molar-refractivity contribution >= 4 is 40.8 Å². The molecule has 1 aromatic carbocycles. The van der Waals surface area contributed by atoms with Crippen LogP contribution in [0.25, 0.3) is 10.9 Å². The molecule has 0 fully saturated rings. The van der Waals surface area contributed by atoms with Gasteiger partial charge in [-0.1, -0.05) is 18.2 Å². The average Bonchev–Trinajstić information content (AvgIpc) is 2.90. The van der Waals surface area contributed by atoms with Crippen LogP contribution in [0.5, 0.6) is 0 Å². The quantitative estimate of drug-likeness (QED) is 0.294. The molecule has 0 atom stereocenters. The molecule has 0 aliphatic rings. The maximum atomic E-state index is 5.01. The number of aromatic nitrogens is 1. The molecule has 0 bridgehead atoms. The van der Waals surface area contributed by atoms with Gasteiger partial charge in [0.25, 0.3) is 0 Å². The molecule has 0 spiro atoms. The number of hydrogen-bond acceptors (Lipinski definition) is 2. The van der Waals surface area contributed by atoms with E-state index in [4.69, 9.17) is 4.74 Å². The summed E-state index contributed by atoms with van der Waals surface area (Å²) in [6.07, 6.45) is 3.05. The first-order chi connectivity index (χ1) is 10.3. The van der Waals surface area contributed by atoms with Crippen LogP contribution < -0.4 is 10.6 Å². The molecule has 0 radical (unpaired) electrons. The predicted octanol–water partition coefficient (Wildman–Crippen LogP) is 2.45. The Morgan fingerprint density at radius 2 is 2.05 bits per heavy atom. The number of aromatic amines is 1. The van der Waals surface area contributed by atoms with Crippen molar-refractivity contribution in [3.63, 3.8) is 0 Å². The largest absolute Gasteiger partial charge is 0.383 e. The van der Waals surface area contributed by atoms with Crippen molar-refractivity contribution in [3.8, 4) is 0 Å². The van der Waals surface area contributed by atoms with Crippen LogP contribution in [-0.2, 0) is 11.2 Å². The number of methoxy groups -OCH3 is 1. The van der Waals surface area contributed by atoms with Crippen molar-refractivity contribution in [1.82, 2.24) is 15.6 Å². The summed E-state index contributed by atoms with van der Waals surface area (Å²) in [6.45, 7) is 4.39. The van der Waals surface area contributed by atoms with Crippen LogP contribution >= 0.6 is 24.0 Å². The van der Waals surface area contributed by atoms with E-state index in [1.54, 1.807) is 14.2 Å². The van der Waals surface area contributed by atoms with Crippen LogP contribution in [0.3, 0.4) is 0 Å². The molecule has 22 heavy (non-hydrogen) atoms. The zero-order chi connectivity index (χ0) is 15.1. The molecule has 0 aliphatic heterocycles. The van der Waals surface area contributed by atoms with Crippen LogP contribution in [0.4, 0.5) is 0 Å². The molecule has 0 unspecified atom stereocenters. The number of nitrogens with one attached hydrogen (secondary N) is 3. The highest BCUT2D eigenvalue weighted by molar-refractivity contribution is 14.0. The fourth-order valence-corrected chi connectivity index (χ4v) is 2.38. The minimum Gasteiger partial charge on any atom is -0.383 e. The fraction of sp³-hybridized carbons (Fsp3) is 0.438. The van der Waals surface area contributed by atoms with Gasteiger partial charge in [0, 0.05) is 44.3 Å². The molecule has 3 N–H and O–H groups in total. The van der Waals surface area contributed by atoms with Gasteiger partial charge in [-0.25, -0.2) is 0 Å². The lowest BCUT2D eigenvalue weighted by Crippen LogP contribution is -2.39. The van der Waals surface area contributed by atoms with E-state index >= 15 is 0 Å². The third kappa shape index (κ3) is 4.88. The number of ether oxygens (including phenoxy) is 1. The molecular weight excluding hydrogens is 391 g/mol. The van der Waals surface area contributed by atoms with Gasteiger partial charge in [0.1, 0.15) is 0 Å². The maximum Gasteiger partial charge on any atom is 0.191 e. The fourth-order valence-electron chi connectivity index (χ4n) is 2.38. The molecule has 0 aliphatic carbocycles. The Kier molecular flexibility index (Phi) is 8.26. The van der Waals surface area contributed by atoms with Gasteiger partial charge in [0.2, 0.25) is 0 Å². The Morgan fingerprint density at radius 1 is 1.27 bits per heavy atom. The van der Waals surface area contributed by atoms with E-state index < -0.39 is 0 Å². The van der Waals surface area contributed by atoms with E-state index in [9.17, 15) is 0 Å². The second-order valence-corrected chi connectivity index (χ2v) is 4.98. The molecule has 2 aromatic rings. The lowest BCUT2D eigenvalue weighted by molar-refractivity contribution is 0.203. The van der Waals surface area contributed by atoms with Gasteiger partial charge in [0.05, 0.1) is 6.61 Å². The third-order valence-electron chi connectivity index (χ3n) is 3.52. The van der Waals surface area contributed by atoms with Gasteiger partial charge in [-0.2, -0.15) is 0 Å². The first kappa shape index (κ1) is 18.8. The van der Waals surface area contributed by atoms with Crippen molar-refractivity contribution in [2.24, 2.45) is 4.99 Å². The van der Waals surface area contributed by atoms with Crippen molar-refractivity contribution in [2.45, 2.75) is 13.3 Å². The van der Waals surface area contributed by atoms with Crippen LogP contribution in [0.15, 0.2) is 29.4 Å². The summed E-state index contributed by atoms with van der Waals surface area (Å²) in [6, 6.07) is 6.40. The average molecular weight is 416 g/mol. The molecule has 6 heteroatoms. The molecule has 122 valence electrons. The molecule has 2 rings (SSSR count). The summed E-state index contributed by atoms with van der Waals surface area (Å²) in [7, 11) is 3.47. The van der Waals surface area contributed by atoms with Gasteiger partial charge in [-0.05, 0) is 24.5 Å². The Morgan fingerprint density at radius 3 is 2.77 bits per heavy atom. The second-order valence-electron chi connectivity index (χ2n) is 4.98. The first-order valence-corrected chi connectivity index (χ1v) is 7.25. The number of aliphatic imine (C=N–C) groups is 1. The molecule has 0 saturated carbocycles. The molecule has 5 nitrogen and oxygen atoms in total. The summed E-state index contributed by atoms with van der Waals surface area (Å²) in [4.78, 5) is 7.55. The summed E-state index contributed by atoms with van der Waals surface area (Å²) < 4.78 is 5.01. The number of H-pyrrole nitrogens is 1. The van der Waals surface area contributed by atoms with Gasteiger partial charge < -0.3 is 20.4 Å². The van der Waals surface area contributed by atoms with Crippen LogP contribution in [0, 0.1) is 6.92 Å². The lowest BCUT2D eigenvalue weighted by Gasteiger charge is -2.11. The molecule has 1 aromatic heterocycles. The van der Waals surface area contributed by atoms with Gasteiger partial charge >= 0.3 is 0 Å². The van der Waals surface area contributed by atoms with E-state index in [0.29, 0.717) is 6.61 Å². The smallest absolute Gasteiger partial charge is 0.191 e. The van der Waals surface area contributed by atoms with Crippen molar-refractivity contribution in [2.75, 3.05) is 33.9 Å². The zero-order valence-electron chi connectivity index (χ0n) is 13.4. The number of guanidine groups is 1. The molecule has 0 amide bonds. The number of nitrogens with zero attached hydrogens (tertiary/aromatic N) is 1. The lowest BCUT2D eigenvalue weighted by atomic mass is 10.1. The van der Waals surface area contributed by atoms with Crippen molar-refractivity contribution in [3.05, 3.63) is 35.5 Å². The zero-order valence-corrected chi connectivity index (χ0v) is 15.7. The molecule has 0 saturated heterocycles. The Bertz CT molecular complexity index is 609.